The molecule has 0 saturated carbocycles. The number of carboxylic acids is 1. The Morgan fingerprint density at radius 3 is 2.80 bits per heavy atom. The molecule has 10 heavy (non-hydrogen) atoms. The van der Waals surface area contributed by atoms with E-state index in [1.807, 2.05) is 0 Å². The summed E-state index contributed by atoms with van der Waals surface area (Å²) in [5, 5.41) is 15.1. The van der Waals surface area contributed by atoms with Crippen molar-refractivity contribution in [2.45, 2.75) is 0 Å². The molecular formula is C5H5N3O2. The highest BCUT2D eigenvalue weighted by molar-refractivity contribution is 5.87. The van der Waals surface area contributed by atoms with E-state index < -0.39 is 5.97 Å². The molecule has 0 fully saturated rings. The Kier molecular flexibility index (Phi) is 1.49. The van der Waals surface area contributed by atoms with Crippen LogP contribution in [-0.2, 0) is 0 Å². The second-order valence-electron chi connectivity index (χ2n) is 1.67. The molecular weight excluding hydrogens is 134 g/mol. The molecule has 1 rings (SSSR count). The minimum Gasteiger partial charge on any atom is -0.478 e. The summed E-state index contributed by atoms with van der Waals surface area (Å²) in [5.74, 6) is -0.943. The maximum Gasteiger partial charge on any atom is 0.337 e. The lowest BCUT2D eigenvalue weighted by Crippen LogP contribution is -2.00. The summed E-state index contributed by atoms with van der Waals surface area (Å²) in [6, 6.07) is 1.25. The van der Waals surface area contributed by atoms with Crippen LogP contribution in [0.4, 0.5) is 5.82 Å². The summed E-state index contributed by atoms with van der Waals surface area (Å²) >= 11 is 0. The highest BCUT2D eigenvalue weighted by atomic mass is 16.4. The molecule has 0 unspecified atom stereocenters. The number of hydrogen-bond donors (Lipinski definition) is 2. The zero-order valence-electron chi connectivity index (χ0n) is 4.98. The van der Waals surface area contributed by atoms with Crippen molar-refractivity contribution in [3.63, 3.8) is 0 Å². The van der Waals surface area contributed by atoms with Crippen molar-refractivity contribution in [2.24, 2.45) is 0 Å². The van der Waals surface area contributed by atoms with E-state index in [1.165, 1.54) is 6.07 Å². The van der Waals surface area contributed by atoms with Crippen LogP contribution >= 0.6 is 0 Å². The molecule has 1 heterocycles. The van der Waals surface area contributed by atoms with E-state index >= 15 is 0 Å². The van der Waals surface area contributed by atoms with Gasteiger partial charge < -0.3 is 10.8 Å². The fourth-order valence-electron chi connectivity index (χ4n) is 0.500. The van der Waals surface area contributed by atoms with Crippen molar-refractivity contribution < 1.29 is 9.90 Å². The van der Waals surface area contributed by atoms with Crippen molar-refractivity contribution in [2.75, 3.05) is 5.73 Å². The summed E-state index contributed by atoms with van der Waals surface area (Å²) in [5.41, 5.74) is 5.21. The number of rotatable bonds is 1. The SMILES string of the molecule is Nc1cc(C(=O)O)cnn1. The number of nitrogen functional groups attached to an aromatic ring is 1. The number of carboxylic acid groups (broad SMARTS) is 1. The molecule has 0 amide bonds. The third-order valence-corrected chi connectivity index (χ3v) is 0.920. The van der Waals surface area contributed by atoms with Crippen molar-refractivity contribution >= 4 is 11.8 Å². The van der Waals surface area contributed by atoms with E-state index in [2.05, 4.69) is 10.2 Å². The van der Waals surface area contributed by atoms with Gasteiger partial charge in [0.2, 0.25) is 0 Å². The van der Waals surface area contributed by atoms with Crippen LogP contribution in [0.2, 0.25) is 0 Å². The van der Waals surface area contributed by atoms with Gasteiger partial charge in [-0.2, -0.15) is 5.10 Å². The monoisotopic (exact) mass is 139 g/mol. The van der Waals surface area contributed by atoms with E-state index in [9.17, 15) is 4.79 Å². The Bertz CT molecular complexity index is 261. The normalized spacial score (nSPS) is 9.20. The van der Waals surface area contributed by atoms with Gasteiger partial charge in [-0.05, 0) is 6.07 Å². The lowest BCUT2D eigenvalue weighted by molar-refractivity contribution is 0.0696. The average Bonchev–Trinajstić information content (AvgIpc) is 1.88. The summed E-state index contributed by atoms with van der Waals surface area (Å²) in [7, 11) is 0. The number of aromatic nitrogens is 2. The number of anilines is 1. The minimum absolute atomic E-state index is 0.0486. The predicted octanol–water partition coefficient (Wildman–Crippen LogP) is -0.243. The standard InChI is InChI=1S/C5H5N3O2/c6-4-1-3(5(9)10)2-7-8-4/h1-2H,(H2,6,8)(H,9,10). The second kappa shape index (κ2) is 2.30. The Labute approximate surface area is 56.5 Å². The second-order valence-corrected chi connectivity index (χ2v) is 1.67. The Hall–Kier alpha value is -1.65. The lowest BCUT2D eigenvalue weighted by atomic mass is 10.3. The van der Waals surface area contributed by atoms with Crippen LogP contribution < -0.4 is 5.73 Å². The fourth-order valence-corrected chi connectivity index (χ4v) is 0.500. The first-order valence-corrected chi connectivity index (χ1v) is 2.51. The highest BCUT2D eigenvalue weighted by Crippen LogP contribution is 1.99. The molecule has 1 aromatic heterocycles. The summed E-state index contributed by atoms with van der Waals surface area (Å²) in [4.78, 5) is 10.2. The Morgan fingerprint density at radius 2 is 2.40 bits per heavy atom. The average molecular weight is 139 g/mol. The first-order chi connectivity index (χ1) is 4.70. The quantitative estimate of drug-likeness (QED) is 0.560. The molecule has 0 saturated heterocycles. The molecule has 0 radical (unpaired) electrons. The van der Waals surface area contributed by atoms with E-state index in [0.29, 0.717) is 0 Å². The molecule has 3 N–H and O–H groups in total. The number of nitrogens with two attached hydrogens (primary N) is 1. The Balaban J connectivity index is 3.07. The molecule has 0 aliphatic carbocycles. The molecule has 0 aliphatic rings. The molecule has 5 heteroatoms. The molecule has 0 bridgehead atoms. The van der Waals surface area contributed by atoms with Crippen molar-refractivity contribution in [3.8, 4) is 0 Å². The maximum atomic E-state index is 10.2. The summed E-state index contributed by atoms with van der Waals surface area (Å²) < 4.78 is 0. The molecule has 0 aromatic carbocycles. The third-order valence-electron chi connectivity index (χ3n) is 0.920. The molecule has 52 valence electrons. The van der Waals surface area contributed by atoms with Crippen LogP contribution in [0.5, 0.6) is 0 Å². The minimum atomic E-state index is -1.05. The van der Waals surface area contributed by atoms with Gasteiger partial charge in [0.05, 0.1) is 11.8 Å². The fraction of sp³-hybridized carbons (Fsp3) is 0. The number of nitrogens with zero attached hydrogens (tertiary/aromatic N) is 2. The zero-order valence-corrected chi connectivity index (χ0v) is 4.98. The highest BCUT2D eigenvalue weighted by Gasteiger charge is 2.01. The van der Waals surface area contributed by atoms with E-state index in [1.54, 1.807) is 0 Å². The number of hydrogen-bond acceptors (Lipinski definition) is 4. The first-order valence-electron chi connectivity index (χ1n) is 2.51. The molecule has 0 aliphatic heterocycles. The van der Waals surface area contributed by atoms with Gasteiger partial charge in [0.25, 0.3) is 0 Å². The first kappa shape index (κ1) is 6.47. The topological polar surface area (TPSA) is 89.1 Å². The summed E-state index contributed by atoms with van der Waals surface area (Å²) in [6.07, 6.45) is 1.14. The van der Waals surface area contributed by atoms with Crippen LogP contribution in [0.15, 0.2) is 12.3 Å². The van der Waals surface area contributed by atoms with Gasteiger partial charge in [0.1, 0.15) is 5.82 Å². The van der Waals surface area contributed by atoms with Crippen LogP contribution in [0.1, 0.15) is 10.4 Å². The van der Waals surface area contributed by atoms with Crippen molar-refractivity contribution in [1.29, 1.82) is 0 Å². The van der Waals surface area contributed by atoms with Crippen LogP contribution in [0, 0.1) is 0 Å². The molecule has 0 atom stereocenters. The van der Waals surface area contributed by atoms with Gasteiger partial charge in [0, 0.05) is 0 Å². The van der Waals surface area contributed by atoms with Gasteiger partial charge >= 0.3 is 5.97 Å². The van der Waals surface area contributed by atoms with Gasteiger partial charge in [-0.1, -0.05) is 0 Å². The van der Waals surface area contributed by atoms with Crippen LogP contribution in [-0.4, -0.2) is 21.3 Å². The zero-order chi connectivity index (χ0) is 7.56. The van der Waals surface area contributed by atoms with E-state index in [-0.39, 0.29) is 11.4 Å². The Morgan fingerprint density at radius 1 is 1.70 bits per heavy atom. The third kappa shape index (κ3) is 1.19. The van der Waals surface area contributed by atoms with Gasteiger partial charge in [0.15, 0.2) is 0 Å². The van der Waals surface area contributed by atoms with Crippen molar-refractivity contribution in [1.82, 2.24) is 10.2 Å². The number of aromatic carboxylic acids is 1. The molecule has 0 spiro atoms. The van der Waals surface area contributed by atoms with E-state index in [0.717, 1.165) is 6.20 Å². The van der Waals surface area contributed by atoms with Crippen LogP contribution in [0.25, 0.3) is 0 Å². The van der Waals surface area contributed by atoms with Crippen LogP contribution in [0.3, 0.4) is 0 Å². The van der Waals surface area contributed by atoms with Gasteiger partial charge in [-0.15, -0.1) is 5.10 Å². The predicted molar refractivity (Wildman–Crippen MR) is 33.4 cm³/mol. The smallest absolute Gasteiger partial charge is 0.337 e. The maximum absolute atomic E-state index is 10.2. The largest absolute Gasteiger partial charge is 0.478 e. The van der Waals surface area contributed by atoms with Gasteiger partial charge in [-0.3, -0.25) is 0 Å². The van der Waals surface area contributed by atoms with Crippen molar-refractivity contribution in [3.05, 3.63) is 17.8 Å². The summed E-state index contributed by atoms with van der Waals surface area (Å²) in [6.45, 7) is 0. The molecule has 1 aromatic rings. The lowest BCUT2D eigenvalue weighted by Gasteiger charge is -1.91. The van der Waals surface area contributed by atoms with Gasteiger partial charge in [-0.25, -0.2) is 4.79 Å². The van der Waals surface area contributed by atoms with E-state index in [4.69, 9.17) is 10.8 Å². The molecule has 5 nitrogen and oxygen atoms in total. The number of carbonyl (C=O) groups is 1.